The summed E-state index contributed by atoms with van der Waals surface area (Å²) in [5.74, 6) is 2.00. The maximum absolute atomic E-state index is 9.68. The molecule has 0 spiro atoms. The molecule has 118 valence electrons. The second-order valence-corrected chi connectivity index (χ2v) is 6.51. The van der Waals surface area contributed by atoms with Crippen molar-refractivity contribution in [1.29, 1.82) is 0 Å². The van der Waals surface area contributed by atoms with Gasteiger partial charge in [0.2, 0.25) is 0 Å². The Hall–Kier alpha value is -1.06. The predicted octanol–water partition coefficient (Wildman–Crippen LogP) is 3.33. The first kappa shape index (κ1) is 16.3. The highest BCUT2D eigenvalue weighted by Crippen LogP contribution is 2.37. The van der Waals surface area contributed by atoms with Gasteiger partial charge in [0, 0.05) is 5.54 Å². The molecule has 2 unspecified atom stereocenters. The molecule has 0 amide bonds. The van der Waals surface area contributed by atoms with E-state index < -0.39 is 0 Å². The molecule has 3 heteroatoms. The molecule has 21 heavy (non-hydrogen) atoms. The first-order valence-corrected chi connectivity index (χ1v) is 8.14. The molecule has 2 rings (SSSR count). The first-order valence-electron chi connectivity index (χ1n) is 8.14. The number of hydrogen-bond acceptors (Lipinski definition) is 3. The van der Waals surface area contributed by atoms with E-state index in [0.717, 1.165) is 25.2 Å². The lowest BCUT2D eigenvalue weighted by Gasteiger charge is -2.33. The van der Waals surface area contributed by atoms with E-state index >= 15 is 0 Å². The Morgan fingerprint density at radius 2 is 2.05 bits per heavy atom. The van der Waals surface area contributed by atoms with Gasteiger partial charge in [-0.1, -0.05) is 32.4 Å². The molecular weight excluding hydrogens is 262 g/mol. The molecule has 1 aliphatic carbocycles. The van der Waals surface area contributed by atoms with E-state index in [2.05, 4.69) is 43.4 Å². The van der Waals surface area contributed by atoms with Crippen LogP contribution in [0.1, 0.15) is 51.0 Å². The van der Waals surface area contributed by atoms with Crippen molar-refractivity contribution in [1.82, 2.24) is 5.32 Å². The minimum Gasteiger partial charge on any atom is -0.494 e. The van der Waals surface area contributed by atoms with Crippen LogP contribution in [0.3, 0.4) is 0 Å². The third-order valence-electron chi connectivity index (χ3n) is 5.02. The molecule has 1 aromatic rings. The van der Waals surface area contributed by atoms with Crippen molar-refractivity contribution in [2.75, 3.05) is 20.3 Å². The van der Waals surface area contributed by atoms with E-state index in [9.17, 15) is 5.11 Å². The molecule has 0 aliphatic heterocycles. The number of rotatable bonds is 7. The Kier molecular flexibility index (Phi) is 5.65. The fourth-order valence-electron chi connectivity index (χ4n) is 3.45. The highest BCUT2D eigenvalue weighted by Gasteiger charge is 2.40. The molecular formula is C18H29NO2. The molecule has 0 bridgehead atoms. The van der Waals surface area contributed by atoms with Gasteiger partial charge in [0.25, 0.3) is 0 Å². The number of benzene rings is 1. The quantitative estimate of drug-likeness (QED) is 0.809. The first-order chi connectivity index (χ1) is 10.1. The van der Waals surface area contributed by atoms with Crippen LogP contribution in [0.5, 0.6) is 5.75 Å². The van der Waals surface area contributed by atoms with Crippen molar-refractivity contribution in [2.24, 2.45) is 5.92 Å². The monoisotopic (exact) mass is 291 g/mol. The Bertz CT molecular complexity index is 423. The van der Waals surface area contributed by atoms with Crippen molar-refractivity contribution in [3.05, 3.63) is 29.8 Å². The third kappa shape index (κ3) is 3.78. The van der Waals surface area contributed by atoms with Crippen LogP contribution in [-0.4, -0.2) is 30.9 Å². The summed E-state index contributed by atoms with van der Waals surface area (Å²) in [5, 5.41) is 13.0. The van der Waals surface area contributed by atoms with Crippen molar-refractivity contribution < 1.29 is 9.84 Å². The Balaban J connectivity index is 1.84. The Morgan fingerprint density at radius 3 is 2.62 bits per heavy atom. The van der Waals surface area contributed by atoms with Crippen LogP contribution in [0.2, 0.25) is 0 Å². The van der Waals surface area contributed by atoms with E-state index in [1.807, 2.05) is 7.05 Å². The Labute approximate surface area is 128 Å². The lowest BCUT2D eigenvalue weighted by molar-refractivity contribution is 0.117. The van der Waals surface area contributed by atoms with E-state index in [1.54, 1.807) is 0 Å². The fourth-order valence-corrected chi connectivity index (χ4v) is 3.45. The zero-order valence-corrected chi connectivity index (χ0v) is 13.6. The molecule has 0 heterocycles. The normalized spacial score (nSPS) is 25.5. The molecule has 0 radical (unpaired) electrons. The van der Waals surface area contributed by atoms with Crippen LogP contribution in [0.25, 0.3) is 0 Å². The lowest BCUT2D eigenvalue weighted by atomic mass is 9.86. The van der Waals surface area contributed by atoms with E-state index in [0.29, 0.717) is 11.8 Å². The van der Waals surface area contributed by atoms with Crippen LogP contribution in [0, 0.1) is 5.92 Å². The number of aliphatic hydroxyl groups is 1. The summed E-state index contributed by atoms with van der Waals surface area (Å²) in [4.78, 5) is 0. The average Bonchev–Trinajstić information content (AvgIpc) is 2.91. The summed E-state index contributed by atoms with van der Waals surface area (Å²) in [6, 6.07) is 8.39. The van der Waals surface area contributed by atoms with Crippen molar-refractivity contribution in [3.63, 3.8) is 0 Å². The zero-order chi connectivity index (χ0) is 15.3. The highest BCUT2D eigenvalue weighted by molar-refractivity contribution is 5.28. The van der Waals surface area contributed by atoms with E-state index in [4.69, 9.17) is 4.74 Å². The van der Waals surface area contributed by atoms with Crippen LogP contribution in [-0.2, 0) is 0 Å². The van der Waals surface area contributed by atoms with Crippen molar-refractivity contribution in [2.45, 2.75) is 51.0 Å². The zero-order valence-electron chi connectivity index (χ0n) is 13.6. The van der Waals surface area contributed by atoms with Gasteiger partial charge in [0.15, 0.2) is 0 Å². The third-order valence-corrected chi connectivity index (χ3v) is 5.02. The van der Waals surface area contributed by atoms with Crippen LogP contribution in [0.15, 0.2) is 24.3 Å². The van der Waals surface area contributed by atoms with Gasteiger partial charge in [-0.2, -0.15) is 0 Å². The van der Waals surface area contributed by atoms with E-state index in [-0.39, 0.29) is 12.1 Å². The average molecular weight is 291 g/mol. The second kappa shape index (κ2) is 7.28. The summed E-state index contributed by atoms with van der Waals surface area (Å²) in [7, 11) is 1.96. The van der Waals surface area contributed by atoms with Gasteiger partial charge in [-0.25, -0.2) is 0 Å². The number of nitrogens with one attached hydrogen (secondary N) is 1. The summed E-state index contributed by atoms with van der Waals surface area (Å²) >= 11 is 0. The van der Waals surface area contributed by atoms with Gasteiger partial charge in [0.05, 0.1) is 13.2 Å². The molecule has 2 N–H and O–H groups in total. The predicted molar refractivity (Wildman–Crippen MR) is 86.9 cm³/mol. The van der Waals surface area contributed by atoms with Gasteiger partial charge in [-0.05, 0) is 55.8 Å². The molecule has 2 atom stereocenters. The molecule has 1 fully saturated rings. The summed E-state index contributed by atoms with van der Waals surface area (Å²) in [6.07, 6.45) is 4.42. The molecule has 1 aromatic carbocycles. The highest BCUT2D eigenvalue weighted by atomic mass is 16.5. The van der Waals surface area contributed by atoms with Gasteiger partial charge in [0.1, 0.15) is 5.75 Å². The van der Waals surface area contributed by atoms with E-state index in [1.165, 1.54) is 18.4 Å². The summed E-state index contributed by atoms with van der Waals surface area (Å²) in [6.45, 7) is 5.33. The fraction of sp³-hybridized carbons (Fsp3) is 0.667. The van der Waals surface area contributed by atoms with Crippen LogP contribution >= 0.6 is 0 Å². The van der Waals surface area contributed by atoms with Crippen LogP contribution < -0.4 is 10.1 Å². The summed E-state index contributed by atoms with van der Waals surface area (Å²) in [5.41, 5.74) is 1.25. The van der Waals surface area contributed by atoms with Gasteiger partial charge < -0.3 is 15.2 Å². The molecule has 1 aliphatic rings. The minimum atomic E-state index is -0.0924. The SMILES string of the molecule is CNC1(CO)CCCC1CCOc1ccc(C(C)C)cc1. The van der Waals surface area contributed by atoms with Gasteiger partial charge in [-0.3, -0.25) is 0 Å². The minimum absolute atomic E-state index is 0.0924. The van der Waals surface area contributed by atoms with Crippen molar-refractivity contribution in [3.8, 4) is 5.75 Å². The maximum Gasteiger partial charge on any atom is 0.119 e. The summed E-state index contributed by atoms with van der Waals surface area (Å²) < 4.78 is 5.88. The Morgan fingerprint density at radius 1 is 1.33 bits per heavy atom. The number of hydrogen-bond donors (Lipinski definition) is 2. The lowest BCUT2D eigenvalue weighted by Crippen LogP contribution is -2.49. The molecule has 0 saturated heterocycles. The molecule has 0 aromatic heterocycles. The standard InChI is InChI=1S/C18H29NO2/c1-14(2)15-6-8-17(9-7-15)21-12-10-16-5-4-11-18(16,13-20)19-3/h6-9,14,16,19-20H,4-5,10-13H2,1-3H3. The maximum atomic E-state index is 9.68. The number of ether oxygens (including phenoxy) is 1. The van der Waals surface area contributed by atoms with Gasteiger partial charge >= 0.3 is 0 Å². The topological polar surface area (TPSA) is 41.5 Å². The number of aliphatic hydroxyl groups excluding tert-OH is 1. The smallest absolute Gasteiger partial charge is 0.119 e. The van der Waals surface area contributed by atoms with Gasteiger partial charge in [-0.15, -0.1) is 0 Å². The number of likely N-dealkylation sites (N-methyl/N-ethyl adjacent to an activating group) is 1. The van der Waals surface area contributed by atoms with Crippen LogP contribution in [0.4, 0.5) is 0 Å². The van der Waals surface area contributed by atoms with Crippen molar-refractivity contribution >= 4 is 0 Å². The molecule has 1 saturated carbocycles. The molecule has 3 nitrogen and oxygen atoms in total. The largest absolute Gasteiger partial charge is 0.494 e. The second-order valence-electron chi connectivity index (χ2n) is 6.51.